The molecule has 0 amide bonds. The molecule has 2 aromatic rings. The monoisotopic (exact) mass is 225 g/mol. The van der Waals surface area contributed by atoms with Crippen LogP contribution in [0.2, 0.25) is 0 Å². The van der Waals surface area contributed by atoms with Crippen molar-refractivity contribution in [3.05, 3.63) is 29.3 Å². The highest BCUT2D eigenvalue weighted by Crippen LogP contribution is 2.19. The van der Waals surface area contributed by atoms with Crippen molar-refractivity contribution in [2.24, 2.45) is 0 Å². The summed E-state index contributed by atoms with van der Waals surface area (Å²) in [7, 11) is 0. The van der Waals surface area contributed by atoms with E-state index in [1.54, 1.807) is 16.8 Å². The summed E-state index contributed by atoms with van der Waals surface area (Å²) < 4.78 is 1.10. The molecule has 0 unspecified atom stereocenters. The Hall–Kier alpha value is -0.930. The van der Waals surface area contributed by atoms with E-state index < -0.39 is 0 Å². The summed E-state index contributed by atoms with van der Waals surface area (Å²) in [4.78, 5) is 15.7. The van der Waals surface area contributed by atoms with Crippen LogP contribution in [0.3, 0.4) is 0 Å². The van der Waals surface area contributed by atoms with Gasteiger partial charge in [-0.05, 0) is 18.2 Å². The summed E-state index contributed by atoms with van der Waals surface area (Å²) in [5, 5.41) is 0. The van der Waals surface area contributed by atoms with Crippen LogP contribution in [0.5, 0.6) is 0 Å². The number of hydrogen-bond donors (Lipinski definition) is 0. The zero-order valence-electron chi connectivity index (χ0n) is 7.37. The Morgan fingerprint density at radius 2 is 2.36 bits per heavy atom. The van der Waals surface area contributed by atoms with Gasteiger partial charge in [0.1, 0.15) is 0 Å². The van der Waals surface area contributed by atoms with Crippen molar-refractivity contribution in [1.82, 2.24) is 4.98 Å². The minimum absolute atomic E-state index is 0.0786. The van der Waals surface area contributed by atoms with E-state index in [0.29, 0.717) is 17.9 Å². The number of nitrogens with zero attached hydrogens (tertiary/aromatic N) is 1. The maximum Gasteiger partial charge on any atom is 0.164 e. The first kappa shape index (κ1) is 9.62. The van der Waals surface area contributed by atoms with E-state index >= 15 is 0 Å². The Morgan fingerprint density at radius 1 is 1.50 bits per heavy atom. The van der Waals surface area contributed by atoms with Crippen molar-refractivity contribution in [2.75, 3.05) is 5.88 Å². The lowest BCUT2D eigenvalue weighted by Gasteiger charge is -1.97. The van der Waals surface area contributed by atoms with E-state index in [-0.39, 0.29) is 5.78 Å². The van der Waals surface area contributed by atoms with Crippen LogP contribution in [0.15, 0.2) is 23.7 Å². The first-order chi connectivity index (χ1) is 6.81. The molecule has 0 atom stereocenters. The van der Waals surface area contributed by atoms with Gasteiger partial charge in [-0.1, -0.05) is 0 Å². The van der Waals surface area contributed by atoms with Gasteiger partial charge in [0.05, 0.1) is 15.7 Å². The number of ketones is 1. The fraction of sp³-hybridized carbons (Fsp3) is 0.200. The number of rotatable bonds is 3. The van der Waals surface area contributed by atoms with Gasteiger partial charge in [0.2, 0.25) is 0 Å². The number of benzene rings is 1. The Bertz CT molecular complexity index is 466. The predicted octanol–water partition coefficient (Wildman–Crippen LogP) is 3.11. The first-order valence-electron chi connectivity index (χ1n) is 4.23. The van der Waals surface area contributed by atoms with Gasteiger partial charge < -0.3 is 0 Å². The Labute approximate surface area is 90.5 Å². The maximum atomic E-state index is 11.5. The molecule has 0 spiro atoms. The molecule has 0 saturated carbocycles. The normalized spacial score (nSPS) is 10.6. The molecule has 0 bridgehead atoms. The third-order valence-electron chi connectivity index (χ3n) is 1.97. The van der Waals surface area contributed by atoms with Crippen LogP contribution < -0.4 is 0 Å². The van der Waals surface area contributed by atoms with Crippen molar-refractivity contribution < 1.29 is 4.79 Å². The average molecular weight is 226 g/mol. The van der Waals surface area contributed by atoms with Crippen LogP contribution in [0.25, 0.3) is 10.2 Å². The molecule has 14 heavy (non-hydrogen) atoms. The minimum Gasteiger partial charge on any atom is -0.294 e. The maximum absolute atomic E-state index is 11.5. The number of thiazole rings is 1. The second kappa shape index (κ2) is 4.07. The number of hydrogen-bond acceptors (Lipinski definition) is 3. The van der Waals surface area contributed by atoms with Gasteiger partial charge in [-0.25, -0.2) is 4.98 Å². The summed E-state index contributed by atoms with van der Waals surface area (Å²) in [6.07, 6.45) is 0.386. The lowest BCUT2D eigenvalue weighted by Crippen LogP contribution is -1.98. The number of aromatic nitrogens is 1. The Balaban J connectivity index is 2.38. The van der Waals surface area contributed by atoms with Gasteiger partial charge >= 0.3 is 0 Å². The van der Waals surface area contributed by atoms with Crippen molar-refractivity contribution in [2.45, 2.75) is 6.42 Å². The van der Waals surface area contributed by atoms with Gasteiger partial charge in [-0.3, -0.25) is 4.79 Å². The quantitative estimate of drug-likeness (QED) is 0.594. The molecule has 0 aliphatic heterocycles. The second-order valence-electron chi connectivity index (χ2n) is 2.90. The van der Waals surface area contributed by atoms with Crippen LogP contribution in [-0.2, 0) is 0 Å². The molecule has 4 heteroatoms. The van der Waals surface area contributed by atoms with Crippen molar-refractivity contribution in [3.63, 3.8) is 0 Å². The fourth-order valence-electron chi connectivity index (χ4n) is 1.26. The molecule has 1 aromatic carbocycles. The highest BCUT2D eigenvalue weighted by molar-refractivity contribution is 7.16. The fourth-order valence-corrected chi connectivity index (χ4v) is 2.09. The molecule has 0 aliphatic carbocycles. The van der Waals surface area contributed by atoms with E-state index in [2.05, 4.69) is 4.98 Å². The third-order valence-corrected chi connectivity index (χ3v) is 2.97. The summed E-state index contributed by atoms with van der Waals surface area (Å²) in [6, 6.07) is 5.57. The zero-order valence-corrected chi connectivity index (χ0v) is 8.94. The van der Waals surface area contributed by atoms with E-state index in [9.17, 15) is 4.79 Å². The predicted molar refractivity (Wildman–Crippen MR) is 59.3 cm³/mol. The van der Waals surface area contributed by atoms with Gasteiger partial charge in [0, 0.05) is 17.9 Å². The van der Waals surface area contributed by atoms with Crippen molar-refractivity contribution in [3.8, 4) is 0 Å². The van der Waals surface area contributed by atoms with Crippen LogP contribution in [-0.4, -0.2) is 16.6 Å². The molecule has 0 fully saturated rings. The smallest absolute Gasteiger partial charge is 0.164 e. The van der Waals surface area contributed by atoms with Crippen LogP contribution in [0, 0.1) is 0 Å². The largest absolute Gasteiger partial charge is 0.294 e. The lowest BCUT2D eigenvalue weighted by atomic mass is 10.1. The number of alkyl halides is 1. The molecule has 0 saturated heterocycles. The van der Waals surface area contributed by atoms with E-state index in [1.807, 2.05) is 18.2 Å². The summed E-state index contributed by atoms with van der Waals surface area (Å²) in [5.74, 6) is 0.448. The lowest BCUT2D eigenvalue weighted by molar-refractivity contribution is 0.0989. The number of halogens is 1. The highest BCUT2D eigenvalue weighted by atomic mass is 35.5. The molecule has 0 N–H and O–H groups in total. The van der Waals surface area contributed by atoms with Gasteiger partial charge in [0.15, 0.2) is 5.78 Å². The number of fused-ring (bicyclic) bond motifs is 1. The van der Waals surface area contributed by atoms with E-state index in [1.165, 1.54) is 0 Å². The molecule has 0 aliphatic rings. The van der Waals surface area contributed by atoms with Crippen LogP contribution >= 0.6 is 22.9 Å². The SMILES string of the molecule is O=C(CCCl)c1ccc2scnc2c1. The molecule has 2 nitrogen and oxygen atoms in total. The summed E-state index contributed by atoms with van der Waals surface area (Å²) >= 11 is 7.08. The zero-order chi connectivity index (χ0) is 9.97. The first-order valence-corrected chi connectivity index (χ1v) is 5.65. The highest BCUT2D eigenvalue weighted by Gasteiger charge is 2.06. The molecule has 1 heterocycles. The molecule has 1 aromatic heterocycles. The number of Topliss-reactive ketones (excluding diaryl/α,β-unsaturated/α-hetero) is 1. The Morgan fingerprint density at radius 3 is 3.14 bits per heavy atom. The van der Waals surface area contributed by atoms with Gasteiger partial charge in [-0.2, -0.15) is 0 Å². The second-order valence-corrected chi connectivity index (χ2v) is 4.16. The van der Waals surface area contributed by atoms with E-state index in [4.69, 9.17) is 11.6 Å². The third kappa shape index (κ3) is 1.79. The standard InChI is InChI=1S/C10H8ClNOS/c11-4-3-9(13)7-1-2-10-8(5-7)12-6-14-10/h1-2,5-6H,3-4H2. The van der Waals surface area contributed by atoms with Crippen molar-refractivity contribution in [1.29, 1.82) is 0 Å². The summed E-state index contributed by atoms with van der Waals surface area (Å²) in [5.41, 5.74) is 3.36. The number of carbonyl (C=O) groups excluding carboxylic acids is 1. The average Bonchev–Trinajstić information content (AvgIpc) is 2.64. The topological polar surface area (TPSA) is 30.0 Å². The molecule has 72 valence electrons. The Kier molecular flexibility index (Phi) is 2.79. The van der Waals surface area contributed by atoms with Gasteiger partial charge in [-0.15, -0.1) is 22.9 Å². The minimum atomic E-state index is 0.0786. The van der Waals surface area contributed by atoms with Crippen LogP contribution in [0.4, 0.5) is 0 Å². The summed E-state index contributed by atoms with van der Waals surface area (Å²) in [6.45, 7) is 0. The molecule has 2 rings (SSSR count). The van der Waals surface area contributed by atoms with Crippen molar-refractivity contribution >= 4 is 38.9 Å². The van der Waals surface area contributed by atoms with Crippen LogP contribution in [0.1, 0.15) is 16.8 Å². The van der Waals surface area contributed by atoms with Gasteiger partial charge in [0.25, 0.3) is 0 Å². The molecule has 0 radical (unpaired) electrons. The number of carbonyl (C=O) groups is 1. The molecular weight excluding hydrogens is 218 g/mol. The molecular formula is C10H8ClNOS. The van der Waals surface area contributed by atoms with E-state index in [0.717, 1.165) is 10.2 Å².